The number of carboxylic acid groups (broad SMARTS) is 1. The summed E-state index contributed by atoms with van der Waals surface area (Å²) in [5, 5.41) is 11.4. The third-order valence-corrected chi connectivity index (χ3v) is 4.52. The number of benzene rings is 1. The van der Waals surface area contributed by atoms with E-state index < -0.39 is 5.97 Å². The fourth-order valence-corrected chi connectivity index (χ4v) is 3.16. The molecule has 2 rings (SSSR count). The van der Waals surface area contributed by atoms with E-state index in [1.165, 1.54) is 40.5 Å². The Bertz CT molecular complexity index is 687. The minimum Gasteiger partial charge on any atom is -0.480 e. The summed E-state index contributed by atoms with van der Waals surface area (Å²) in [6.07, 6.45) is 0.709. The van der Waals surface area contributed by atoms with Gasteiger partial charge in [-0.1, -0.05) is 23.7 Å². The van der Waals surface area contributed by atoms with Crippen molar-refractivity contribution < 1.29 is 19.1 Å². The van der Waals surface area contributed by atoms with Gasteiger partial charge in [-0.3, -0.25) is 9.59 Å². The average molecular weight is 356 g/mol. The Labute approximate surface area is 142 Å². The maximum absolute atomic E-state index is 12.9. The number of rotatable bonds is 7. The second-order valence-corrected chi connectivity index (χ2v) is 6.43. The molecule has 1 aromatic carbocycles. The molecule has 1 amide bonds. The first-order valence-corrected chi connectivity index (χ1v) is 8.16. The fraction of sp³-hybridized carbons (Fsp3) is 0.250. The zero-order valence-electron chi connectivity index (χ0n) is 12.2. The van der Waals surface area contributed by atoms with Crippen molar-refractivity contribution in [1.82, 2.24) is 4.90 Å². The van der Waals surface area contributed by atoms with Gasteiger partial charge in [0.15, 0.2) is 0 Å². The Morgan fingerprint density at radius 1 is 1.26 bits per heavy atom. The maximum Gasteiger partial charge on any atom is 0.323 e. The van der Waals surface area contributed by atoms with Crippen molar-refractivity contribution in [2.24, 2.45) is 0 Å². The smallest absolute Gasteiger partial charge is 0.323 e. The lowest BCUT2D eigenvalue weighted by molar-refractivity contribution is -0.144. The molecule has 0 aliphatic heterocycles. The summed E-state index contributed by atoms with van der Waals surface area (Å²) < 4.78 is 12.9. The molecule has 0 radical (unpaired) electrons. The highest BCUT2D eigenvalue weighted by molar-refractivity contribution is 7.10. The molecule has 0 atom stereocenters. The zero-order chi connectivity index (χ0) is 16.8. The number of aryl methyl sites for hydroxylation is 1. The number of carbonyl (C=O) groups excluding carboxylic acids is 1. The van der Waals surface area contributed by atoms with Crippen molar-refractivity contribution in [3.05, 3.63) is 57.0 Å². The largest absolute Gasteiger partial charge is 0.480 e. The van der Waals surface area contributed by atoms with Gasteiger partial charge in [-0.25, -0.2) is 4.39 Å². The Hall–Kier alpha value is -1.92. The number of aliphatic carboxylic acids is 1. The van der Waals surface area contributed by atoms with Gasteiger partial charge in [-0.05, 0) is 30.2 Å². The molecule has 122 valence electrons. The predicted molar refractivity (Wildman–Crippen MR) is 87.1 cm³/mol. The van der Waals surface area contributed by atoms with Gasteiger partial charge >= 0.3 is 5.97 Å². The molecule has 0 spiro atoms. The van der Waals surface area contributed by atoms with Crippen molar-refractivity contribution in [3.8, 4) is 0 Å². The molecular formula is C16H15ClFNO3S. The lowest BCUT2D eigenvalue weighted by Crippen LogP contribution is -2.35. The third-order valence-electron chi connectivity index (χ3n) is 3.17. The van der Waals surface area contributed by atoms with Gasteiger partial charge in [0.25, 0.3) is 0 Å². The minimum atomic E-state index is -1.08. The molecule has 4 nitrogen and oxygen atoms in total. The molecule has 0 aliphatic carbocycles. The van der Waals surface area contributed by atoms with Gasteiger partial charge in [0.2, 0.25) is 5.91 Å². The van der Waals surface area contributed by atoms with E-state index >= 15 is 0 Å². The summed E-state index contributed by atoms with van der Waals surface area (Å²) in [7, 11) is 0. The molecule has 1 N–H and O–H groups in total. The highest BCUT2D eigenvalue weighted by Gasteiger charge is 2.17. The molecule has 0 saturated heterocycles. The summed E-state index contributed by atoms with van der Waals surface area (Å²) in [4.78, 5) is 25.5. The predicted octanol–water partition coefficient (Wildman–Crippen LogP) is 3.59. The van der Waals surface area contributed by atoms with Gasteiger partial charge in [0.05, 0.1) is 5.02 Å². The molecule has 1 heterocycles. The normalized spacial score (nSPS) is 10.5. The Morgan fingerprint density at radius 2 is 1.96 bits per heavy atom. The van der Waals surface area contributed by atoms with E-state index in [0.717, 1.165) is 4.88 Å². The van der Waals surface area contributed by atoms with Crippen LogP contribution in [-0.2, 0) is 22.6 Å². The van der Waals surface area contributed by atoms with Crippen LogP contribution in [0, 0.1) is 5.82 Å². The molecule has 7 heteroatoms. The summed E-state index contributed by atoms with van der Waals surface area (Å²) >= 11 is 7.30. The first-order chi connectivity index (χ1) is 10.9. The molecule has 0 fully saturated rings. The molecular weight excluding hydrogens is 341 g/mol. The van der Waals surface area contributed by atoms with Crippen molar-refractivity contribution in [2.45, 2.75) is 19.4 Å². The van der Waals surface area contributed by atoms with Gasteiger partial charge in [-0.15, -0.1) is 11.3 Å². The van der Waals surface area contributed by atoms with Crippen molar-refractivity contribution in [3.63, 3.8) is 0 Å². The quantitative estimate of drug-likeness (QED) is 0.825. The lowest BCUT2D eigenvalue weighted by atomic mass is 10.2. The first kappa shape index (κ1) is 17.4. The number of nitrogens with zero attached hydrogens (tertiary/aromatic N) is 1. The van der Waals surface area contributed by atoms with Crippen LogP contribution in [0.3, 0.4) is 0 Å². The fourth-order valence-electron chi connectivity index (χ4n) is 2.08. The number of carboxylic acids is 1. The average Bonchev–Trinajstić information content (AvgIpc) is 2.91. The topological polar surface area (TPSA) is 57.6 Å². The van der Waals surface area contributed by atoms with E-state index in [4.69, 9.17) is 16.7 Å². The molecule has 0 saturated carbocycles. The van der Waals surface area contributed by atoms with Crippen molar-refractivity contribution in [2.75, 3.05) is 6.54 Å². The van der Waals surface area contributed by atoms with Gasteiger partial charge in [0.1, 0.15) is 12.4 Å². The summed E-state index contributed by atoms with van der Waals surface area (Å²) in [6.45, 7) is -0.252. The van der Waals surface area contributed by atoms with Gasteiger partial charge in [-0.2, -0.15) is 0 Å². The van der Waals surface area contributed by atoms with E-state index in [9.17, 15) is 14.0 Å². The number of carbonyl (C=O) groups is 2. The molecule has 1 aromatic heterocycles. The summed E-state index contributed by atoms with van der Waals surface area (Å²) in [5.41, 5.74) is 0.681. The van der Waals surface area contributed by atoms with Gasteiger partial charge < -0.3 is 10.0 Å². The van der Waals surface area contributed by atoms with Crippen LogP contribution in [0.4, 0.5) is 4.39 Å². The summed E-state index contributed by atoms with van der Waals surface area (Å²) in [5.74, 6) is -1.72. The lowest BCUT2D eigenvalue weighted by Gasteiger charge is -2.20. The molecule has 23 heavy (non-hydrogen) atoms. The van der Waals surface area contributed by atoms with Crippen LogP contribution in [0.15, 0.2) is 35.7 Å². The zero-order valence-corrected chi connectivity index (χ0v) is 13.7. The standard InChI is InChI=1S/C16H15ClFNO3S/c17-12-7-14(23-10-12)5-6-15(20)19(9-16(21)22)8-11-1-3-13(18)4-2-11/h1-4,7,10H,5-6,8-9H2,(H,21,22). The van der Waals surface area contributed by atoms with E-state index in [2.05, 4.69) is 0 Å². The van der Waals surface area contributed by atoms with Crippen LogP contribution >= 0.6 is 22.9 Å². The number of hydrogen-bond acceptors (Lipinski definition) is 3. The van der Waals surface area contributed by atoms with Crippen LogP contribution in [0.5, 0.6) is 0 Å². The number of thiophene rings is 1. The highest BCUT2D eigenvalue weighted by atomic mass is 35.5. The second-order valence-electron chi connectivity index (χ2n) is 5.00. The van der Waals surface area contributed by atoms with Crippen LogP contribution < -0.4 is 0 Å². The van der Waals surface area contributed by atoms with E-state index in [1.54, 1.807) is 11.4 Å². The summed E-state index contributed by atoms with van der Waals surface area (Å²) in [6, 6.07) is 7.44. The molecule has 2 aromatic rings. The van der Waals surface area contributed by atoms with E-state index in [0.29, 0.717) is 17.0 Å². The number of halogens is 2. The monoisotopic (exact) mass is 355 g/mol. The van der Waals surface area contributed by atoms with Crippen LogP contribution in [-0.4, -0.2) is 28.4 Å². The van der Waals surface area contributed by atoms with E-state index in [-0.39, 0.29) is 31.2 Å². The minimum absolute atomic E-state index is 0.136. The third kappa shape index (κ3) is 5.65. The molecule has 0 bridgehead atoms. The second kappa shape index (κ2) is 8.08. The maximum atomic E-state index is 12.9. The number of amides is 1. The van der Waals surface area contributed by atoms with Gasteiger partial charge in [0, 0.05) is 23.2 Å². The van der Waals surface area contributed by atoms with E-state index in [1.807, 2.05) is 0 Å². The first-order valence-electron chi connectivity index (χ1n) is 6.91. The van der Waals surface area contributed by atoms with Crippen LogP contribution in [0.1, 0.15) is 16.9 Å². The Balaban J connectivity index is 1.99. The van der Waals surface area contributed by atoms with Crippen molar-refractivity contribution >= 4 is 34.8 Å². The Kier molecular flexibility index (Phi) is 6.12. The van der Waals surface area contributed by atoms with Crippen LogP contribution in [0.2, 0.25) is 5.02 Å². The highest BCUT2D eigenvalue weighted by Crippen LogP contribution is 2.20. The molecule has 0 unspecified atom stereocenters. The number of hydrogen-bond donors (Lipinski definition) is 1. The molecule has 0 aliphatic rings. The van der Waals surface area contributed by atoms with Crippen LogP contribution in [0.25, 0.3) is 0 Å². The SMILES string of the molecule is O=C(O)CN(Cc1ccc(F)cc1)C(=O)CCc1cc(Cl)cs1. The van der Waals surface area contributed by atoms with Crippen molar-refractivity contribution in [1.29, 1.82) is 0 Å². The Morgan fingerprint density at radius 3 is 2.52 bits per heavy atom.